The lowest BCUT2D eigenvalue weighted by Crippen LogP contribution is -2.32. The largest absolute Gasteiger partial charge is 0.399 e. The van der Waals surface area contributed by atoms with Gasteiger partial charge in [-0.15, -0.1) is 0 Å². The normalized spacial score (nSPS) is 18.4. The van der Waals surface area contributed by atoms with Crippen LogP contribution in [0.2, 0.25) is 0 Å². The number of hydrogen-bond donors (Lipinski definition) is 2. The molecule has 110 valence electrons. The number of rotatable bonds is 4. The van der Waals surface area contributed by atoms with E-state index in [2.05, 4.69) is 5.32 Å². The van der Waals surface area contributed by atoms with Crippen LogP contribution >= 0.6 is 0 Å². The van der Waals surface area contributed by atoms with Crippen LogP contribution in [0.25, 0.3) is 0 Å². The molecule has 0 heterocycles. The van der Waals surface area contributed by atoms with Gasteiger partial charge in [-0.2, -0.15) is 0 Å². The number of carbonyl (C=O) groups excluding carboxylic acids is 1. The average Bonchev–Trinajstić information content (AvgIpc) is 2.35. The maximum Gasteiger partial charge on any atom is 0.221 e. The van der Waals surface area contributed by atoms with Gasteiger partial charge in [0, 0.05) is 18.4 Å². The number of fused-ring (bicyclic) bond motifs is 1. The van der Waals surface area contributed by atoms with Crippen molar-refractivity contribution in [3.05, 3.63) is 29.3 Å². The Balaban J connectivity index is 2.03. The van der Waals surface area contributed by atoms with E-state index in [-0.39, 0.29) is 24.1 Å². The summed E-state index contributed by atoms with van der Waals surface area (Å²) in [6, 6.07) is 5.70. The molecule has 0 fully saturated rings. The van der Waals surface area contributed by atoms with E-state index in [1.807, 2.05) is 18.2 Å². The Morgan fingerprint density at radius 1 is 1.45 bits per heavy atom. The molecule has 1 aromatic rings. The Bertz CT molecular complexity index is 611. The van der Waals surface area contributed by atoms with Gasteiger partial charge in [-0.3, -0.25) is 4.79 Å². The summed E-state index contributed by atoms with van der Waals surface area (Å²) in [6.07, 6.45) is 3.99. The predicted molar refractivity (Wildman–Crippen MR) is 79.0 cm³/mol. The molecule has 0 spiro atoms. The molecule has 1 unspecified atom stereocenters. The van der Waals surface area contributed by atoms with Crippen molar-refractivity contribution in [2.24, 2.45) is 0 Å². The van der Waals surface area contributed by atoms with Gasteiger partial charge in [-0.25, -0.2) is 8.42 Å². The molecule has 1 aliphatic rings. The van der Waals surface area contributed by atoms with Crippen molar-refractivity contribution < 1.29 is 13.2 Å². The first-order chi connectivity index (χ1) is 9.35. The van der Waals surface area contributed by atoms with Crippen LogP contribution in [0.5, 0.6) is 0 Å². The zero-order valence-electron chi connectivity index (χ0n) is 11.6. The van der Waals surface area contributed by atoms with Crippen molar-refractivity contribution in [3.63, 3.8) is 0 Å². The van der Waals surface area contributed by atoms with E-state index in [4.69, 9.17) is 5.73 Å². The first-order valence-electron chi connectivity index (χ1n) is 6.70. The molecule has 0 radical (unpaired) electrons. The number of aryl methyl sites for hydroxylation is 1. The maximum absolute atomic E-state index is 11.8. The SMILES string of the molecule is CS(=O)(=O)CCC(=O)NC1CCCc2cc(N)ccc21. The highest BCUT2D eigenvalue weighted by Gasteiger charge is 2.22. The van der Waals surface area contributed by atoms with Gasteiger partial charge in [0.25, 0.3) is 0 Å². The van der Waals surface area contributed by atoms with Crippen molar-refractivity contribution >= 4 is 21.4 Å². The highest BCUT2D eigenvalue weighted by atomic mass is 32.2. The summed E-state index contributed by atoms with van der Waals surface area (Å²) in [5.41, 5.74) is 8.77. The fourth-order valence-electron chi connectivity index (χ4n) is 2.53. The minimum atomic E-state index is -3.10. The smallest absolute Gasteiger partial charge is 0.221 e. The minimum Gasteiger partial charge on any atom is -0.399 e. The summed E-state index contributed by atoms with van der Waals surface area (Å²) in [5.74, 6) is -0.328. The Labute approximate surface area is 119 Å². The van der Waals surface area contributed by atoms with E-state index in [0.29, 0.717) is 0 Å². The van der Waals surface area contributed by atoms with Gasteiger partial charge >= 0.3 is 0 Å². The average molecular weight is 296 g/mol. The minimum absolute atomic E-state index is 0.0135. The number of sulfone groups is 1. The number of amides is 1. The molecule has 0 bridgehead atoms. The van der Waals surface area contributed by atoms with Gasteiger partial charge in [0.2, 0.25) is 5.91 Å². The molecule has 0 aliphatic heterocycles. The third-order valence-corrected chi connectivity index (χ3v) is 4.46. The molecule has 20 heavy (non-hydrogen) atoms. The van der Waals surface area contributed by atoms with Crippen LogP contribution in [0.1, 0.15) is 36.4 Å². The second-order valence-electron chi connectivity index (χ2n) is 5.35. The van der Waals surface area contributed by atoms with Crippen LogP contribution in [-0.2, 0) is 21.1 Å². The Morgan fingerprint density at radius 2 is 2.20 bits per heavy atom. The first-order valence-corrected chi connectivity index (χ1v) is 8.76. The molecule has 1 atom stereocenters. The second-order valence-corrected chi connectivity index (χ2v) is 7.61. The summed E-state index contributed by atoms with van der Waals surface area (Å²) >= 11 is 0. The summed E-state index contributed by atoms with van der Waals surface area (Å²) < 4.78 is 22.1. The fraction of sp³-hybridized carbons (Fsp3) is 0.500. The van der Waals surface area contributed by atoms with Gasteiger partial charge in [0.1, 0.15) is 9.84 Å². The summed E-state index contributed by atoms with van der Waals surface area (Å²) in [6.45, 7) is 0. The molecule has 0 saturated carbocycles. The zero-order chi connectivity index (χ0) is 14.8. The third-order valence-electron chi connectivity index (χ3n) is 3.52. The van der Waals surface area contributed by atoms with Crippen molar-refractivity contribution in [3.8, 4) is 0 Å². The van der Waals surface area contributed by atoms with E-state index in [0.717, 1.165) is 36.8 Å². The standard InChI is InChI=1S/C14H20N2O3S/c1-20(18,19)8-7-14(17)16-13-4-2-3-10-9-11(15)5-6-12(10)13/h5-6,9,13H,2-4,7-8,15H2,1H3,(H,16,17). The molecule has 2 rings (SSSR count). The molecule has 0 saturated heterocycles. The van der Waals surface area contributed by atoms with Crippen molar-refractivity contribution in [1.29, 1.82) is 0 Å². The maximum atomic E-state index is 11.8. The lowest BCUT2D eigenvalue weighted by molar-refractivity contribution is -0.121. The number of carbonyl (C=O) groups is 1. The van der Waals surface area contributed by atoms with Crippen LogP contribution in [0.15, 0.2) is 18.2 Å². The molecule has 3 N–H and O–H groups in total. The number of nitrogen functional groups attached to an aromatic ring is 1. The molecule has 0 aromatic heterocycles. The zero-order valence-corrected chi connectivity index (χ0v) is 12.4. The van der Waals surface area contributed by atoms with Crippen LogP contribution in [0, 0.1) is 0 Å². The molecular weight excluding hydrogens is 276 g/mol. The molecule has 1 aliphatic carbocycles. The van der Waals surface area contributed by atoms with Crippen molar-refractivity contribution in [2.45, 2.75) is 31.7 Å². The van der Waals surface area contributed by atoms with E-state index in [9.17, 15) is 13.2 Å². The van der Waals surface area contributed by atoms with Gasteiger partial charge in [-0.1, -0.05) is 6.07 Å². The summed E-state index contributed by atoms with van der Waals surface area (Å²) in [4.78, 5) is 11.8. The Hall–Kier alpha value is -1.56. The molecule has 6 heteroatoms. The second kappa shape index (κ2) is 5.83. The third kappa shape index (κ3) is 3.96. The van der Waals surface area contributed by atoms with Gasteiger partial charge in [0.05, 0.1) is 11.8 Å². The van der Waals surface area contributed by atoms with Crippen LogP contribution in [0.3, 0.4) is 0 Å². The van der Waals surface area contributed by atoms with Crippen molar-refractivity contribution in [2.75, 3.05) is 17.7 Å². The Morgan fingerprint density at radius 3 is 2.90 bits per heavy atom. The lowest BCUT2D eigenvalue weighted by atomic mass is 9.87. The quantitative estimate of drug-likeness (QED) is 0.817. The number of nitrogens with one attached hydrogen (secondary N) is 1. The molecule has 5 nitrogen and oxygen atoms in total. The number of anilines is 1. The van der Waals surface area contributed by atoms with E-state index in [1.54, 1.807) is 0 Å². The Kier molecular flexibility index (Phi) is 4.32. The molecular formula is C14H20N2O3S. The fourth-order valence-corrected chi connectivity index (χ4v) is 3.08. The van der Waals surface area contributed by atoms with Crippen LogP contribution in [0.4, 0.5) is 5.69 Å². The highest BCUT2D eigenvalue weighted by Crippen LogP contribution is 2.30. The number of hydrogen-bond acceptors (Lipinski definition) is 4. The lowest BCUT2D eigenvalue weighted by Gasteiger charge is -2.26. The van der Waals surface area contributed by atoms with E-state index < -0.39 is 9.84 Å². The monoisotopic (exact) mass is 296 g/mol. The van der Waals surface area contributed by atoms with Gasteiger partial charge in [-0.05, 0) is 42.5 Å². The topological polar surface area (TPSA) is 89.3 Å². The summed E-state index contributed by atoms with van der Waals surface area (Å²) in [7, 11) is -3.10. The van der Waals surface area contributed by atoms with E-state index >= 15 is 0 Å². The summed E-state index contributed by atoms with van der Waals surface area (Å²) in [5, 5.41) is 2.92. The van der Waals surface area contributed by atoms with E-state index in [1.165, 1.54) is 5.56 Å². The van der Waals surface area contributed by atoms with Crippen LogP contribution < -0.4 is 11.1 Å². The number of benzene rings is 1. The van der Waals surface area contributed by atoms with Crippen molar-refractivity contribution in [1.82, 2.24) is 5.32 Å². The van der Waals surface area contributed by atoms with Gasteiger partial charge in [0.15, 0.2) is 0 Å². The molecule has 1 amide bonds. The molecule has 1 aromatic carbocycles. The first kappa shape index (κ1) is 14.8. The highest BCUT2D eigenvalue weighted by molar-refractivity contribution is 7.90. The van der Waals surface area contributed by atoms with Crippen LogP contribution in [-0.4, -0.2) is 26.3 Å². The number of nitrogens with two attached hydrogens (primary N) is 1. The van der Waals surface area contributed by atoms with Gasteiger partial charge < -0.3 is 11.1 Å². The predicted octanol–water partition coefficient (Wildman–Crippen LogP) is 1.20.